The molecule has 6 rings (SSSR count). The molecule has 0 spiro atoms. The van der Waals surface area contributed by atoms with E-state index in [1.165, 1.54) is 43.2 Å². The summed E-state index contributed by atoms with van der Waals surface area (Å²) in [5.41, 5.74) is 7.69. The van der Waals surface area contributed by atoms with Gasteiger partial charge in [-0.15, -0.1) is 5.10 Å². The third-order valence-electron chi connectivity index (χ3n) is 9.53. The van der Waals surface area contributed by atoms with Crippen LogP contribution in [0.5, 0.6) is 0 Å². The number of esters is 1. The van der Waals surface area contributed by atoms with Crippen LogP contribution in [0, 0.1) is 18.8 Å². The fourth-order valence-corrected chi connectivity index (χ4v) is 7.50. The number of fused-ring (bicyclic) bond motifs is 4. The second kappa shape index (κ2) is 10.7. The highest BCUT2D eigenvalue weighted by Gasteiger charge is 2.44. The molecule has 206 valence electrons. The molecule has 3 aliphatic rings. The Hall–Kier alpha value is -3.22. The molecule has 3 aromatic rings. The Morgan fingerprint density at radius 2 is 1.95 bits per heavy atom. The zero-order valence-corrected chi connectivity index (χ0v) is 23.5. The van der Waals surface area contributed by atoms with Gasteiger partial charge < -0.3 is 9.64 Å². The summed E-state index contributed by atoms with van der Waals surface area (Å²) in [6.07, 6.45) is 9.37. The first-order chi connectivity index (χ1) is 18.9. The van der Waals surface area contributed by atoms with E-state index in [0.29, 0.717) is 30.8 Å². The van der Waals surface area contributed by atoms with Crippen LogP contribution in [0.2, 0.25) is 0 Å². The maximum Gasteiger partial charge on any atom is 0.306 e. The maximum atomic E-state index is 13.3. The zero-order valence-electron chi connectivity index (χ0n) is 23.5. The molecule has 0 bridgehead atoms. The van der Waals surface area contributed by atoms with Gasteiger partial charge in [-0.3, -0.25) is 9.59 Å². The number of ether oxygens (including phenoxy) is 1. The normalized spacial score (nSPS) is 22.1. The van der Waals surface area contributed by atoms with E-state index in [1.54, 1.807) is 4.68 Å². The van der Waals surface area contributed by atoms with E-state index in [-0.39, 0.29) is 24.3 Å². The van der Waals surface area contributed by atoms with Crippen LogP contribution in [0.1, 0.15) is 98.1 Å². The van der Waals surface area contributed by atoms with Gasteiger partial charge in [0, 0.05) is 25.9 Å². The summed E-state index contributed by atoms with van der Waals surface area (Å²) in [5.74, 6) is 0.954. The Balaban J connectivity index is 1.39. The average Bonchev–Trinajstić information content (AvgIpc) is 3.48. The molecule has 1 aromatic heterocycles. The van der Waals surface area contributed by atoms with Crippen LogP contribution in [0.4, 0.5) is 0 Å². The molecule has 1 amide bonds. The van der Waals surface area contributed by atoms with Crippen LogP contribution < -0.4 is 0 Å². The molecule has 2 aromatic carbocycles. The van der Waals surface area contributed by atoms with Crippen molar-refractivity contribution in [3.05, 3.63) is 58.1 Å². The van der Waals surface area contributed by atoms with Crippen LogP contribution in [-0.4, -0.2) is 44.9 Å². The summed E-state index contributed by atoms with van der Waals surface area (Å²) in [5, 5.41) is 8.62. The van der Waals surface area contributed by atoms with E-state index in [4.69, 9.17) is 4.74 Å². The number of aryl methyl sites for hydroxylation is 3. The van der Waals surface area contributed by atoms with Crippen LogP contribution in [0.15, 0.2) is 30.3 Å². The first-order valence-corrected chi connectivity index (χ1v) is 14.8. The molecule has 39 heavy (non-hydrogen) atoms. The number of benzene rings is 2. The highest BCUT2D eigenvalue weighted by atomic mass is 16.5. The summed E-state index contributed by atoms with van der Waals surface area (Å²) >= 11 is 0. The minimum atomic E-state index is -0.202. The fourth-order valence-electron chi connectivity index (χ4n) is 7.50. The summed E-state index contributed by atoms with van der Waals surface area (Å²) in [4.78, 5) is 28.4. The Kier molecular flexibility index (Phi) is 7.17. The number of nitrogens with zero attached hydrogens (tertiary/aromatic N) is 4. The largest absolute Gasteiger partial charge is 0.466 e. The van der Waals surface area contributed by atoms with E-state index >= 15 is 0 Å². The SMILES string of the molecule is CCOC(=O)CC(c1ccc2c(c1)C1C(CC2)CC(=O)N1CC1CCCCC1)c1ccc2c(nnn2C)c1C. The molecule has 1 saturated carbocycles. The van der Waals surface area contributed by atoms with Crippen molar-refractivity contribution in [2.75, 3.05) is 13.2 Å². The lowest BCUT2D eigenvalue weighted by molar-refractivity contribution is -0.143. The lowest BCUT2D eigenvalue weighted by atomic mass is 9.77. The molecule has 2 aliphatic carbocycles. The molecule has 3 unspecified atom stereocenters. The third-order valence-corrected chi connectivity index (χ3v) is 9.53. The molecule has 0 N–H and O–H groups in total. The zero-order chi connectivity index (χ0) is 27.1. The summed E-state index contributed by atoms with van der Waals surface area (Å²) in [7, 11) is 1.90. The molecular weight excluding hydrogens is 488 g/mol. The lowest BCUT2D eigenvalue weighted by Gasteiger charge is -2.37. The van der Waals surface area contributed by atoms with Crippen molar-refractivity contribution in [2.24, 2.45) is 18.9 Å². The molecule has 1 saturated heterocycles. The minimum absolute atomic E-state index is 0.148. The number of hydrogen-bond acceptors (Lipinski definition) is 5. The highest BCUT2D eigenvalue weighted by Crippen LogP contribution is 2.47. The van der Waals surface area contributed by atoms with E-state index < -0.39 is 0 Å². The van der Waals surface area contributed by atoms with Crippen molar-refractivity contribution in [1.82, 2.24) is 19.9 Å². The van der Waals surface area contributed by atoms with Gasteiger partial charge in [-0.05, 0) is 85.3 Å². The lowest BCUT2D eigenvalue weighted by Crippen LogP contribution is -2.36. The molecule has 2 fully saturated rings. The van der Waals surface area contributed by atoms with Gasteiger partial charge in [0.15, 0.2) is 0 Å². The van der Waals surface area contributed by atoms with E-state index in [2.05, 4.69) is 46.4 Å². The Bertz CT molecular complexity index is 1390. The number of amides is 1. The predicted octanol–water partition coefficient (Wildman–Crippen LogP) is 5.78. The van der Waals surface area contributed by atoms with Crippen molar-refractivity contribution in [3.63, 3.8) is 0 Å². The van der Waals surface area contributed by atoms with Crippen molar-refractivity contribution < 1.29 is 14.3 Å². The number of carbonyl (C=O) groups excluding carboxylic acids is 2. The first-order valence-electron chi connectivity index (χ1n) is 14.8. The van der Waals surface area contributed by atoms with Gasteiger partial charge in [0.2, 0.25) is 5.91 Å². The molecule has 7 heteroatoms. The van der Waals surface area contributed by atoms with Gasteiger partial charge in [0.25, 0.3) is 0 Å². The minimum Gasteiger partial charge on any atom is -0.466 e. The van der Waals surface area contributed by atoms with Gasteiger partial charge >= 0.3 is 5.97 Å². The Morgan fingerprint density at radius 1 is 1.13 bits per heavy atom. The third kappa shape index (κ3) is 4.85. The quantitative estimate of drug-likeness (QED) is 0.364. The smallest absolute Gasteiger partial charge is 0.306 e. The van der Waals surface area contributed by atoms with Crippen molar-refractivity contribution in [1.29, 1.82) is 0 Å². The van der Waals surface area contributed by atoms with Crippen molar-refractivity contribution in [2.45, 2.75) is 83.6 Å². The first kappa shape index (κ1) is 26.0. The van der Waals surface area contributed by atoms with Crippen molar-refractivity contribution in [3.8, 4) is 0 Å². The average molecular weight is 529 g/mol. The fraction of sp³-hybridized carbons (Fsp3) is 0.562. The van der Waals surface area contributed by atoms with E-state index in [0.717, 1.165) is 47.1 Å². The van der Waals surface area contributed by atoms with Gasteiger partial charge in [0.1, 0.15) is 5.52 Å². The van der Waals surface area contributed by atoms with Gasteiger partial charge in [0.05, 0.1) is 24.6 Å². The van der Waals surface area contributed by atoms with Gasteiger partial charge in [-0.25, -0.2) is 4.68 Å². The van der Waals surface area contributed by atoms with Gasteiger partial charge in [-0.1, -0.05) is 48.7 Å². The number of carbonyl (C=O) groups is 2. The number of likely N-dealkylation sites (tertiary alicyclic amines) is 1. The van der Waals surface area contributed by atoms with Crippen molar-refractivity contribution >= 4 is 22.9 Å². The summed E-state index contributed by atoms with van der Waals surface area (Å²) in [6.45, 7) is 5.17. The maximum absolute atomic E-state index is 13.3. The van der Waals surface area contributed by atoms with E-state index in [1.807, 2.05) is 20.0 Å². The van der Waals surface area contributed by atoms with Crippen LogP contribution in [0.25, 0.3) is 11.0 Å². The molecule has 0 radical (unpaired) electrons. The molecule has 1 aliphatic heterocycles. The highest BCUT2D eigenvalue weighted by molar-refractivity contribution is 5.81. The van der Waals surface area contributed by atoms with E-state index in [9.17, 15) is 9.59 Å². The van der Waals surface area contributed by atoms with Gasteiger partial charge in [-0.2, -0.15) is 0 Å². The predicted molar refractivity (Wildman–Crippen MR) is 150 cm³/mol. The number of rotatable bonds is 7. The Morgan fingerprint density at radius 3 is 2.74 bits per heavy atom. The summed E-state index contributed by atoms with van der Waals surface area (Å²) < 4.78 is 7.20. The molecular formula is C32H40N4O3. The summed E-state index contributed by atoms with van der Waals surface area (Å²) in [6, 6.07) is 11.0. The van der Waals surface area contributed by atoms with Crippen LogP contribution in [0.3, 0.4) is 0 Å². The number of hydrogen-bond donors (Lipinski definition) is 0. The second-order valence-electron chi connectivity index (χ2n) is 11.9. The monoisotopic (exact) mass is 528 g/mol. The second-order valence-corrected chi connectivity index (χ2v) is 11.9. The van der Waals surface area contributed by atoms with Crippen LogP contribution in [-0.2, 0) is 27.8 Å². The Labute approximate surface area is 230 Å². The standard InChI is InChI=1S/C32H40N4O3/c1-4-39-30(38)18-26(25-14-15-28-31(20(25)2)33-34-35(28)3)23-12-10-22-11-13-24-17-29(37)36(32(24)27(22)16-23)19-21-8-6-5-7-9-21/h10,12,14-16,21,24,26,32H,4-9,11,13,17-19H2,1-3H3. The molecule has 3 atom stereocenters. The molecule has 2 heterocycles. The number of aromatic nitrogens is 3. The van der Waals surface area contributed by atoms with Crippen LogP contribution >= 0.6 is 0 Å². The topological polar surface area (TPSA) is 77.3 Å². The molecule has 7 nitrogen and oxygen atoms in total.